The zero-order valence-corrected chi connectivity index (χ0v) is 13.1. The fourth-order valence-electron chi connectivity index (χ4n) is 3.05. The van der Waals surface area contributed by atoms with E-state index < -0.39 is 17.5 Å². The zero-order chi connectivity index (χ0) is 14.6. The summed E-state index contributed by atoms with van der Waals surface area (Å²) in [6, 6.07) is 7.68. The smallest absolute Gasteiger partial charge is 0.306 e. The third-order valence-electron chi connectivity index (χ3n) is 4.18. The van der Waals surface area contributed by atoms with Crippen molar-refractivity contribution in [2.45, 2.75) is 50.5 Å². The highest BCUT2D eigenvalue weighted by Gasteiger charge is 2.34. The molecule has 0 aliphatic heterocycles. The normalized spacial score (nSPS) is 19.5. The Morgan fingerprint density at radius 3 is 2.50 bits per heavy atom. The Balaban J connectivity index is 2.08. The molecule has 1 aromatic rings. The lowest BCUT2D eigenvalue weighted by molar-refractivity contribution is -0.145. The first kappa shape index (κ1) is 15.5. The summed E-state index contributed by atoms with van der Waals surface area (Å²) in [5.74, 6) is -1.35. The zero-order valence-electron chi connectivity index (χ0n) is 11.5. The largest absolute Gasteiger partial charge is 0.481 e. The second-order valence-corrected chi connectivity index (χ2v) is 6.67. The summed E-state index contributed by atoms with van der Waals surface area (Å²) >= 11 is 3.46. The molecule has 0 saturated heterocycles. The van der Waals surface area contributed by atoms with E-state index in [2.05, 4.69) is 15.9 Å². The van der Waals surface area contributed by atoms with Gasteiger partial charge in [0.15, 0.2) is 0 Å². The van der Waals surface area contributed by atoms with Crippen LogP contribution in [0.2, 0.25) is 0 Å². The van der Waals surface area contributed by atoms with Gasteiger partial charge in [0.25, 0.3) is 0 Å². The lowest BCUT2D eigenvalue weighted by atomic mass is 9.77. The number of aliphatic carboxylic acids is 1. The van der Waals surface area contributed by atoms with Crippen LogP contribution in [0.25, 0.3) is 0 Å². The second-order valence-electron chi connectivity index (χ2n) is 5.82. The maximum absolute atomic E-state index is 11.5. The summed E-state index contributed by atoms with van der Waals surface area (Å²) in [7, 11) is 0. The number of hydrogen-bond acceptors (Lipinski definition) is 2. The topological polar surface area (TPSA) is 57.5 Å². The van der Waals surface area contributed by atoms with Crippen LogP contribution < -0.4 is 0 Å². The van der Waals surface area contributed by atoms with Gasteiger partial charge in [-0.2, -0.15) is 0 Å². The molecule has 3 nitrogen and oxygen atoms in total. The standard InChI is InChI=1S/C16H21BrO3/c17-14-7-3-2-6-12(14)10-13(15(18)19)11-16(20)8-4-1-5-9-16/h2-3,6-7,13,20H,1,4-5,8-11H2,(H,18,19). The van der Waals surface area contributed by atoms with Gasteiger partial charge in [-0.15, -0.1) is 0 Å². The molecule has 1 atom stereocenters. The number of rotatable bonds is 5. The van der Waals surface area contributed by atoms with E-state index in [1.165, 1.54) is 0 Å². The predicted octanol–water partition coefficient (Wildman–Crippen LogP) is 3.78. The van der Waals surface area contributed by atoms with E-state index in [9.17, 15) is 15.0 Å². The molecule has 0 bridgehead atoms. The van der Waals surface area contributed by atoms with Crippen molar-refractivity contribution in [1.82, 2.24) is 0 Å². The number of benzene rings is 1. The van der Waals surface area contributed by atoms with Crippen molar-refractivity contribution in [3.05, 3.63) is 34.3 Å². The molecule has 0 amide bonds. The summed E-state index contributed by atoms with van der Waals surface area (Å²) in [4.78, 5) is 11.5. The highest BCUT2D eigenvalue weighted by molar-refractivity contribution is 9.10. The number of carboxylic acids is 1. The SMILES string of the molecule is O=C(O)C(Cc1ccccc1Br)CC1(O)CCCCC1. The van der Waals surface area contributed by atoms with Crippen molar-refractivity contribution >= 4 is 21.9 Å². The number of halogens is 1. The molecule has 0 aromatic heterocycles. The van der Waals surface area contributed by atoms with Gasteiger partial charge >= 0.3 is 5.97 Å². The minimum absolute atomic E-state index is 0.351. The van der Waals surface area contributed by atoms with E-state index in [0.29, 0.717) is 12.8 Å². The number of carboxylic acid groups (broad SMARTS) is 1. The first-order valence-corrected chi connectivity index (χ1v) is 7.98. The molecule has 1 aliphatic rings. The maximum Gasteiger partial charge on any atom is 0.306 e. The van der Waals surface area contributed by atoms with E-state index in [1.54, 1.807) is 0 Å². The van der Waals surface area contributed by atoms with E-state index >= 15 is 0 Å². The van der Waals surface area contributed by atoms with E-state index in [4.69, 9.17) is 0 Å². The molecule has 4 heteroatoms. The van der Waals surface area contributed by atoms with Gasteiger partial charge in [0.2, 0.25) is 0 Å². The van der Waals surface area contributed by atoms with Crippen molar-refractivity contribution in [2.75, 3.05) is 0 Å². The Morgan fingerprint density at radius 2 is 1.90 bits per heavy atom. The second kappa shape index (κ2) is 6.72. The predicted molar refractivity (Wildman–Crippen MR) is 81.6 cm³/mol. The molecule has 20 heavy (non-hydrogen) atoms. The summed E-state index contributed by atoms with van der Waals surface area (Å²) in [6.07, 6.45) is 5.40. The van der Waals surface area contributed by atoms with Gasteiger partial charge in [-0.05, 0) is 37.3 Å². The molecule has 110 valence electrons. The highest BCUT2D eigenvalue weighted by atomic mass is 79.9. The molecule has 1 fully saturated rings. The molecular formula is C16H21BrO3. The monoisotopic (exact) mass is 340 g/mol. The quantitative estimate of drug-likeness (QED) is 0.857. The Bertz CT molecular complexity index is 467. The van der Waals surface area contributed by atoms with Crippen molar-refractivity contribution in [3.8, 4) is 0 Å². The van der Waals surface area contributed by atoms with Gasteiger partial charge in [-0.3, -0.25) is 4.79 Å². The van der Waals surface area contributed by atoms with Crippen molar-refractivity contribution in [1.29, 1.82) is 0 Å². The van der Waals surface area contributed by atoms with Gasteiger partial charge in [0.05, 0.1) is 11.5 Å². The molecule has 2 rings (SSSR count). The van der Waals surface area contributed by atoms with Crippen LogP contribution >= 0.6 is 15.9 Å². The average Bonchev–Trinajstić information content (AvgIpc) is 2.41. The van der Waals surface area contributed by atoms with Gasteiger partial charge in [-0.1, -0.05) is 53.4 Å². The Morgan fingerprint density at radius 1 is 1.25 bits per heavy atom. The number of hydrogen-bond donors (Lipinski definition) is 2. The Kier molecular flexibility index (Phi) is 5.22. The highest BCUT2D eigenvalue weighted by Crippen LogP contribution is 2.35. The molecule has 1 aromatic carbocycles. The molecule has 0 radical (unpaired) electrons. The molecular weight excluding hydrogens is 320 g/mol. The van der Waals surface area contributed by atoms with Crippen molar-refractivity contribution in [3.63, 3.8) is 0 Å². The molecule has 2 N–H and O–H groups in total. The summed E-state index contributed by atoms with van der Waals surface area (Å²) in [6.45, 7) is 0. The van der Waals surface area contributed by atoms with Crippen molar-refractivity contribution < 1.29 is 15.0 Å². The van der Waals surface area contributed by atoms with Gasteiger partial charge in [-0.25, -0.2) is 0 Å². The maximum atomic E-state index is 11.5. The van der Waals surface area contributed by atoms with Crippen LogP contribution in [0.15, 0.2) is 28.7 Å². The average molecular weight is 341 g/mol. The van der Waals surface area contributed by atoms with Crippen LogP contribution in [0.3, 0.4) is 0 Å². The first-order valence-electron chi connectivity index (χ1n) is 7.19. The van der Waals surface area contributed by atoms with Gasteiger partial charge in [0, 0.05) is 4.47 Å². The minimum Gasteiger partial charge on any atom is -0.481 e. The summed E-state index contributed by atoms with van der Waals surface area (Å²) in [5.41, 5.74) is 0.196. The summed E-state index contributed by atoms with van der Waals surface area (Å²) < 4.78 is 0.932. The summed E-state index contributed by atoms with van der Waals surface area (Å²) in [5, 5.41) is 20.0. The molecule has 1 saturated carbocycles. The first-order chi connectivity index (χ1) is 9.50. The van der Waals surface area contributed by atoms with E-state index in [0.717, 1.165) is 42.1 Å². The van der Waals surface area contributed by atoms with E-state index in [1.807, 2.05) is 24.3 Å². The van der Waals surface area contributed by atoms with Crippen molar-refractivity contribution in [2.24, 2.45) is 5.92 Å². The van der Waals surface area contributed by atoms with Crippen LogP contribution in [-0.4, -0.2) is 21.8 Å². The molecule has 1 unspecified atom stereocenters. The fraction of sp³-hybridized carbons (Fsp3) is 0.562. The van der Waals surface area contributed by atoms with Crippen LogP contribution in [0.1, 0.15) is 44.1 Å². The van der Waals surface area contributed by atoms with E-state index in [-0.39, 0.29) is 0 Å². The lowest BCUT2D eigenvalue weighted by Gasteiger charge is -2.34. The number of aliphatic hydroxyl groups is 1. The van der Waals surface area contributed by atoms with Crippen LogP contribution in [0, 0.1) is 5.92 Å². The Labute approximate surface area is 128 Å². The van der Waals surface area contributed by atoms with Gasteiger partial charge in [0.1, 0.15) is 0 Å². The lowest BCUT2D eigenvalue weighted by Crippen LogP contribution is -2.36. The number of carbonyl (C=O) groups is 1. The minimum atomic E-state index is -0.820. The Hall–Kier alpha value is -0.870. The van der Waals surface area contributed by atoms with Crippen LogP contribution in [0.5, 0.6) is 0 Å². The third kappa shape index (κ3) is 4.06. The van der Waals surface area contributed by atoms with Gasteiger partial charge < -0.3 is 10.2 Å². The van der Waals surface area contributed by atoms with Crippen LogP contribution in [0.4, 0.5) is 0 Å². The third-order valence-corrected chi connectivity index (χ3v) is 4.96. The van der Waals surface area contributed by atoms with Crippen LogP contribution in [-0.2, 0) is 11.2 Å². The molecule has 0 spiro atoms. The molecule has 0 heterocycles. The molecule has 1 aliphatic carbocycles. The fourth-order valence-corrected chi connectivity index (χ4v) is 3.50.